The van der Waals surface area contributed by atoms with E-state index in [-0.39, 0.29) is 5.91 Å². The third-order valence-corrected chi connectivity index (χ3v) is 6.70. The molecule has 1 amide bonds. The average Bonchev–Trinajstić information content (AvgIpc) is 3.45. The Balaban J connectivity index is 1.41. The van der Waals surface area contributed by atoms with Crippen LogP contribution in [0.15, 0.2) is 85.2 Å². The molecule has 1 aromatic heterocycles. The summed E-state index contributed by atoms with van der Waals surface area (Å²) in [6.45, 7) is 1.62. The monoisotopic (exact) mass is 452 g/mol. The Kier molecular flexibility index (Phi) is 6.14. The van der Waals surface area contributed by atoms with Crippen LogP contribution in [0.5, 0.6) is 5.75 Å². The molecule has 3 N–H and O–H groups in total. The van der Waals surface area contributed by atoms with E-state index in [9.17, 15) is 4.79 Å². The molecule has 1 saturated heterocycles. The van der Waals surface area contributed by atoms with Crippen LogP contribution in [0.4, 0.5) is 5.69 Å². The van der Waals surface area contributed by atoms with Crippen molar-refractivity contribution in [3.8, 4) is 28.0 Å². The van der Waals surface area contributed by atoms with Crippen molar-refractivity contribution in [1.29, 1.82) is 0 Å². The largest absolute Gasteiger partial charge is 0.497 e. The zero-order valence-corrected chi connectivity index (χ0v) is 19.2. The van der Waals surface area contributed by atoms with Gasteiger partial charge < -0.3 is 15.4 Å². The number of amides is 1. The van der Waals surface area contributed by atoms with Gasteiger partial charge in [0.25, 0.3) is 0 Å². The lowest BCUT2D eigenvalue weighted by Gasteiger charge is -2.37. The zero-order valence-electron chi connectivity index (χ0n) is 19.2. The van der Waals surface area contributed by atoms with Crippen LogP contribution in [0.3, 0.4) is 0 Å². The van der Waals surface area contributed by atoms with Gasteiger partial charge in [-0.3, -0.25) is 9.89 Å². The number of anilines is 1. The van der Waals surface area contributed by atoms with E-state index in [1.807, 2.05) is 54.7 Å². The van der Waals surface area contributed by atoms with E-state index < -0.39 is 5.41 Å². The van der Waals surface area contributed by atoms with Gasteiger partial charge >= 0.3 is 0 Å². The number of carbonyl (C=O) groups is 1. The first-order valence-corrected chi connectivity index (χ1v) is 11.5. The van der Waals surface area contributed by atoms with Crippen LogP contribution in [0.25, 0.3) is 22.3 Å². The third-order valence-electron chi connectivity index (χ3n) is 6.70. The Morgan fingerprint density at radius 3 is 2.29 bits per heavy atom. The maximum absolute atomic E-state index is 13.8. The average molecular weight is 453 g/mol. The molecule has 0 bridgehead atoms. The lowest BCUT2D eigenvalue weighted by atomic mass is 9.72. The first-order chi connectivity index (χ1) is 16.7. The van der Waals surface area contributed by atoms with Crippen LogP contribution < -0.4 is 15.4 Å². The highest BCUT2D eigenvalue weighted by Crippen LogP contribution is 2.36. The second-order valence-electron chi connectivity index (χ2n) is 8.66. The lowest BCUT2D eigenvalue weighted by molar-refractivity contribution is -0.122. The Hall–Kier alpha value is -3.90. The van der Waals surface area contributed by atoms with Crippen molar-refractivity contribution in [2.75, 3.05) is 25.5 Å². The molecule has 6 nitrogen and oxygen atoms in total. The topological polar surface area (TPSA) is 79.0 Å². The Bertz CT molecular complexity index is 1240. The number of methoxy groups -OCH3 is 1. The number of rotatable bonds is 6. The molecule has 0 atom stereocenters. The van der Waals surface area contributed by atoms with Gasteiger partial charge in [-0.15, -0.1) is 0 Å². The van der Waals surface area contributed by atoms with Gasteiger partial charge in [0.05, 0.1) is 18.7 Å². The molecular weight excluding hydrogens is 424 g/mol. The molecule has 0 unspecified atom stereocenters. The highest BCUT2D eigenvalue weighted by Gasteiger charge is 2.41. The van der Waals surface area contributed by atoms with E-state index in [1.165, 1.54) is 0 Å². The predicted octanol–water partition coefficient (Wildman–Crippen LogP) is 5.01. The molecule has 34 heavy (non-hydrogen) atoms. The number of hydrogen-bond donors (Lipinski definition) is 3. The maximum atomic E-state index is 13.8. The molecule has 1 aliphatic heterocycles. The number of piperidine rings is 1. The number of carbonyl (C=O) groups excluding carboxylic acids is 1. The van der Waals surface area contributed by atoms with Gasteiger partial charge in [0, 0.05) is 17.4 Å². The molecule has 0 radical (unpaired) electrons. The summed E-state index contributed by atoms with van der Waals surface area (Å²) in [6, 6.07) is 24.2. The van der Waals surface area contributed by atoms with Crippen molar-refractivity contribution < 1.29 is 9.53 Å². The molecule has 0 spiro atoms. The van der Waals surface area contributed by atoms with Crippen LogP contribution in [0.2, 0.25) is 0 Å². The fraction of sp³-hybridized carbons (Fsp3) is 0.214. The van der Waals surface area contributed by atoms with Crippen LogP contribution in [0.1, 0.15) is 18.4 Å². The van der Waals surface area contributed by atoms with E-state index >= 15 is 0 Å². The van der Waals surface area contributed by atoms with Gasteiger partial charge in [-0.2, -0.15) is 5.10 Å². The van der Waals surface area contributed by atoms with Crippen molar-refractivity contribution in [3.63, 3.8) is 0 Å². The minimum atomic E-state index is -0.573. The van der Waals surface area contributed by atoms with Gasteiger partial charge in [-0.1, -0.05) is 48.5 Å². The number of hydrogen-bond acceptors (Lipinski definition) is 4. The SMILES string of the molecule is COc1ccc(-c2cccc(NC(=O)C3(c4ccc(-c5cn[nH]c5)cc4)CCNCC3)c2)cc1. The molecule has 1 fully saturated rings. The fourth-order valence-corrected chi connectivity index (χ4v) is 4.70. The molecule has 2 heterocycles. The van der Waals surface area contributed by atoms with Crippen LogP contribution in [0, 0.1) is 0 Å². The maximum Gasteiger partial charge on any atom is 0.235 e. The standard InChI is InChI=1S/C28H28N4O2/c1-34-26-11-7-20(8-12-26)22-3-2-4-25(17-22)32-27(33)28(13-15-29-16-14-28)24-9-5-21(6-10-24)23-18-30-31-19-23/h2-12,17-19,29H,13-16H2,1H3,(H,30,31)(H,32,33). The molecule has 6 heteroatoms. The molecule has 3 aromatic carbocycles. The first-order valence-electron chi connectivity index (χ1n) is 11.5. The van der Waals surface area contributed by atoms with Gasteiger partial charge in [-0.25, -0.2) is 0 Å². The van der Waals surface area contributed by atoms with Crippen molar-refractivity contribution in [2.24, 2.45) is 0 Å². The summed E-state index contributed by atoms with van der Waals surface area (Å²) in [5.74, 6) is 0.858. The fourth-order valence-electron chi connectivity index (χ4n) is 4.70. The van der Waals surface area contributed by atoms with E-state index in [4.69, 9.17) is 4.74 Å². The first kappa shape index (κ1) is 21.9. The minimum Gasteiger partial charge on any atom is -0.497 e. The van der Waals surface area contributed by atoms with Crippen molar-refractivity contribution >= 4 is 11.6 Å². The second kappa shape index (κ2) is 9.53. The van der Waals surface area contributed by atoms with Crippen LogP contribution in [-0.2, 0) is 10.2 Å². The number of benzene rings is 3. The van der Waals surface area contributed by atoms with Gasteiger partial charge in [-0.05, 0) is 72.5 Å². The number of nitrogens with zero attached hydrogens (tertiary/aromatic N) is 1. The van der Waals surface area contributed by atoms with Crippen molar-refractivity contribution in [2.45, 2.75) is 18.3 Å². The summed E-state index contributed by atoms with van der Waals surface area (Å²) >= 11 is 0. The number of H-pyrrole nitrogens is 1. The van der Waals surface area contributed by atoms with Gasteiger partial charge in [0.15, 0.2) is 0 Å². The summed E-state index contributed by atoms with van der Waals surface area (Å²) < 4.78 is 5.26. The van der Waals surface area contributed by atoms with Gasteiger partial charge in [0.2, 0.25) is 5.91 Å². The molecule has 1 aliphatic rings. The Morgan fingerprint density at radius 1 is 0.912 bits per heavy atom. The number of ether oxygens (including phenoxy) is 1. The summed E-state index contributed by atoms with van der Waals surface area (Å²) in [7, 11) is 1.66. The summed E-state index contributed by atoms with van der Waals surface area (Å²) in [5, 5.41) is 13.5. The van der Waals surface area contributed by atoms with Crippen molar-refractivity contribution in [3.05, 3.63) is 90.8 Å². The third kappa shape index (κ3) is 4.32. The molecule has 5 rings (SSSR count). The summed E-state index contributed by atoms with van der Waals surface area (Å²) in [6.07, 6.45) is 5.18. The number of aromatic nitrogens is 2. The van der Waals surface area contributed by atoms with Crippen LogP contribution >= 0.6 is 0 Å². The highest BCUT2D eigenvalue weighted by atomic mass is 16.5. The molecule has 0 aliphatic carbocycles. The van der Waals surface area contributed by atoms with Gasteiger partial charge in [0.1, 0.15) is 5.75 Å². The summed E-state index contributed by atoms with van der Waals surface area (Å²) in [4.78, 5) is 13.8. The Labute approximate surface area is 199 Å². The highest BCUT2D eigenvalue weighted by molar-refractivity contribution is 6.00. The zero-order chi connectivity index (χ0) is 23.4. The molecular formula is C28H28N4O2. The van der Waals surface area contributed by atoms with E-state index in [0.29, 0.717) is 0 Å². The Morgan fingerprint density at radius 2 is 1.62 bits per heavy atom. The quantitative estimate of drug-likeness (QED) is 0.384. The predicted molar refractivity (Wildman–Crippen MR) is 135 cm³/mol. The van der Waals surface area contributed by atoms with E-state index in [1.54, 1.807) is 13.3 Å². The normalized spacial score (nSPS) is 15.0. The summed E-state index contributed by atoms with van der Waals surface area (Å²) in [5.41, 5.74) is 5.50. The molecule has 0 saturated carbocycles. The number of nitrogens with one attached hydrogen (secondary N) is 3. The minimum absolute atomic E-state index is 0.0388. The number of aromatic amines is 1. The molecule has 172 valence electrons. The smallest absolute Gasteiger partial charge is 0.235 e. The van der Waals surface area contributed by atoms with E-state index in [2.05, 4.69) is 45.1 Å². The van der Waals surface area contributed by atoms with Crippen molar-refractivity contribution in [1.82, 2.24) is 15.5 Å². The molecule has 4 aromatic rings. The van der Waals surface area contributed by atoms with Crippen LogP contribution in [-0.4, -0.2) is 36.3 Å². The second-order valence-corrected chi connectivity index (χ2v) is 8.66. The lowest BCUT2D eigenvalue weighted by Crippen LogP contribution is -2.48. The van der Waals surface area contributed by atoms with E-state index in [0.717, 1.165) is 65.2 Å².